The van der Waals surface area contributed by atoms with E-state index in [1.54, 1.807) is 12.1 Å². The van der Waals surface area contributed by atoms with Crippen molar-refractivity contribution in [3.63, 3.8) is 0 Å². The number of carboxylic acid groups (broad SMARTS) is 1. The molecule has 3 aliphatic rings. The minimum Gasteiger partial charge on any atom is -0.490 e. The number of fused-ring (bicyclic) bond motifs is 2. The Balaban J connectivity index is 1.24. The normalized spacial score (nSPS) is 24.7. The zero-order chi connectivity index (χ0) is 25.7. The summed E-state index contributed by atoms with van der Waals surface area (Å²) in [4.78, 5) is 18.5. The fourth-order valence-electron chi connectivity index (χ4n) is 6.35. The first kappa shape index (κ1) is 23.7. The third-order valence-electron chi connectivity index (χ3n) is 8.34. The summed E-state index contributed by atoms with van der Waals surface area (Å²) in [6, 6.07) is 14.3. The molecule has 1 atom stereocenters. The first-order chi connectivity index (χ1) is 17.9. The second-order valence-corrected chi connectivity index (χ2v) is 10.9. The number of nitrogens with zero attached hydrogens (tertiary/aromatic N) is 4. The van der Waals surface area contributed by atoms with Crippen molar-refractivity contribution in [2.45, 2.75) is 63.5 Å². The lowest BCUT2D eigenvalue weighted by molar-refractivity contribution is -0.146. The van der Waals surface area contributed by atoms with Crippen LogP contribution in [0.4, 0.5) is 0 Å². The van der Waals surface area contributed by atoms with Crippen LogP contribution < -0.4 is 4.74 Å². The second kappa shape index (κ2) is 9.00. The van der Waals surface area contributed by atoms with Gasteiger partial charge in [-0.25, -0.2) is 0 Å². The maximum atomic E-state index is 11.2. The third-order valence-corrected chi connectivity index (χ3v) is 8.34. The smallest absolute Gasteiger partial charge is 0.306 e. The summed E-state index contributed by atoms with van der Waals surface area (Å²) in [6.45, 7) is 5.85. The minimum absolute atomic E-state index is 0.0289. The summed E-state index contributed by atoms with van der Waals surface area (Å²) in [5.41, 5.74) is 4.88. The van der Waals surface area contributed by atoms with Gasteiger partial charge in [-0.2, -0.15) is 10.2 Å². The van der Waals surface area contributed by atoms with Gasteiger partial charge in [-0.3, -0.25) is 9.69 Å². The van der Waals surface area contributed by atoms with Crippen LogP contribution in [0.5, 0.6) is 5.75 Å². The molecule has 3 aromatic rings. The maximum Gasteiger partial charge on any atom is 0.306 e. The van der Waals surface area contributed by atoms with Crippen LogP contribution in [0.2, 0.25) is 0 Å². The summed E-state index contributed by atoms with van der Waals surface area (Å²) in [5, 5.41) is 23.1. The molecule has 37 heavy (non-hydrogen) atoms. The predicted octanol–water partition coefficient (Wildman–Crippen LogP) is 4.82. The highest BCUT2D eigenvalue weighted by molar-refractivity contribution is 5.71. The maximum absolute atomic E-state index is 11.2. The number of hydrogen-bond acceptors (Lipinski definition) is 7. The van der Waals surface area contributed by atoms with Crippen molar-refractivity contribution >= 4 is 5.97 Å². The number of ether oxygens (including phenoxy) is 1. The number of likely N-dealkylation sites (tertiary alicyclic amines) is 1. The van der Waals surface area contributed by atoms with Crippen molar-refractivity contribution in [2.24, 2.45) is 5.92 Å². The van der Waals surface area contributed by atoms with Gasteiger partial charge in [0.25, 0.3) is 5.89 Å². The SMILES string of the molecule is CC(C)Oc1ccc(-c2nc(-c3cccc4c3CC[C@]43CCN(C4CC(C(=O)O)C4)C3)no2)cc1C#N. The Kier molecular flexibility index (Phi) is 5.76. The number of hydrogen-bond donors (Lipinski definition) is 1. The quantitative estimate of drug-likeness (QED) is 0.515. The van der Waals surface area contributed by atoms with Crippen molar-refractivity contribution in [3.8, 4) is 34.7 Å². The van der Waals surface area contributed by atoms with Gasteiger partial charge in [0, 0.05) is 29.1 Å². The lowest BCUT2D eigenvalue weighted by atomic mass is 9.78. The molecule has 1 aromatic heterocycles. The molecule has 0 bridgehead atoms. The topological polar surface area (TPSA) is 112 Å². The van der Waals surface area contributed by atoms with E-state index in [-0.39, 0.29) is 17.4 Å². The van der Waals surface area contributed by atoms with Crippen LogP contribution in [0.3, 0.4) is 0 Å². The van der Waals surface area contributed by atoms with Crippen molar-refractivity contribution in [1.82, 2.24) is 15.0 Å². The summed E-state index contributed by atoms with van der Waals surface area (Å²) >= 11 is 0. The molecule has 8 heteroatoms. The molecule has 8 nitrogen and oxygen atoms in total. The molecule has 0 amide bonds. The molecule has 190 valence electrons. The number of carbonyl (C=O) groups is 1. The molecule has 6 rings (SSSR count). The van der Waals surface area contributed by atoms with Gasteiger partial charge in [0.15, 0.2) is 0 Å². The molecule has 0 radical (unpaired) electrons. The first-order valence-electron chi connectivity index (χ1n) is 13.0. The molecule has 2 aliphatic carbocycles. The lowest BCUT2D eigenvalue weighted by Gasteiger charge is -2.40. The van der Waals surface area contributed by atoms with Crippen molar-refractivity contribution in [2.75, 3.05) is 13.1 Å². The fourth-order valence-corrected chi connectivity index (χ4v) is 6.35. The van der Waals surface area contributed by atoms with Crippen LogP contribution in [0.1, 0.15) is 56.2 Å². The molecule has 1 aliphatic heterocycles. The van der Waals surface area contributed by atoms with Crippen LogP contribution in [0, 0.1) is 17.2 Å². The number of rotatable bonds is 6. The Morgan fingerprint density at radius 2 is 2.11 bits per heavy atom. The zero-order valence-electron chi connectivity index (χ0n) is 21.1. The van der Waals surface area contributed by atoms with E-state index in [0.29, 0.717) is 34.6 Å². The number of aromatic nitrogens is 2. The predicted molar refractivity (Wildman–Crippen MR) is 136 cm³/mol. The second-order valence-electron chi connectivity index (χ2n) is 10.9. The van der Waals surface area contributed by atoms with Crippen LogP contribution in [-0.2, 0) is 16.6 Å². The average molecular weight is 499 g/mol. The van der Waals surface area contributed by atoms with Crippen molar-refractivity contribution < 1.29 is 19.2 Å². The summed E-state index contributed by atoms with van der Waals surface area (Å²) in [7, 11) is 0. The molecule has 0 unspecified atom stereocenters. The van der Waals surface area contributed by atoms with E-state index in [4.69, 9.17) is 14.2 Å². The van der Waals surface area contributed by atoms with E-state index >= 15 is 0 Å². The van der Waals surface area contributed by atoms with Crippen LogP contribution in [0.25, 0.3) is 22.8 Å². The van der Waals surface area contributed by atoms with E-state index in [1.807, 2.05) is 19.9 Å². The zero-order valence-corrected chi connectivity index (χ0v) is 21.1. The molecule has 2 fully saturated rings. The highest BCUT2D eigenvalue weighted by Gasteiger charge is 2.49. The Morgan fingerprint density at radius 1 is 1.27 bits per heavy atom. The summed E-state index contributed by atoms with van der Waals surface area (Å²) in [5.74, 6) is 0.628. The van der Waals surface area contributed by atoms with Gasteiger partial charge in [-0.1, -0.05) is 23.4 Å². The van der Waals surface area contributed by atoms with Gasteiger partial charge in [-0.05, 0) is 81.8 Å². The molecule has 1 saturated carbocycles. The average Bonchev–Trinajstić information content (AvgIpc) is 3.58. The van der Waals surface area contributed by atoms with E-state index in [9.17, 15) is 15.2 Å². The van der Waals surface area contributed by atoms with E-state index in [0.717, 1.165) is 50.8 Å². The van der Waals surface area contributed by atoms with Crippen LogP contribution >= 0.6 is 0 Å². The van der Waals surface area contributed by atoms with Gasteiger partial charge in [0.1, 0.15) is 11.8 Å². The van der Waals surface area contributed by atoms with Gasteiger partial charge in [0.2, 0.25) is 5.82 Å². The largest absolute Gasteiger partial charge is 0.490 e. The highest BCUT2D eigenvalue weighted by Crippen LogP contribution is 2.49. The molecule has 2 aromatic carbocycles. The first-order valence-corrected chi connectivity index (χ1v) is 13.0. The minimum atomic E-state index is -0.663. The van der Waals surface area contributed by atoms with Gasteiger partial charge in [-0.15, -0.1) is 0 Å². The van der Waals surface area contributed by atoms with Crippen molar-refractivity contribution in [3.05, 3.63) is 53.1 Å². The third kappa shape index (κ3) is 4.08. The number of carboxylic acids is 1. The number of nitriles is 1. The molecular formula is C29H30N4O4. The van der Waals surface area contributed by atoms with Gasteiger partial charge < -0.3 is 14.4 Å². The van der Waals surface area contributed by atoms with Gasteiger partial charge in [0.05, 0.1) is 17.6 Å². The van der Waals surface area contributed by atoms with Crippen LogP contribution in [-0.4, -0.2) is 51.4 Å². The Morgan fingerprint density at radius 3 is 2.86 bits per heavy atom. The van der Waals surface area contributed by atoms with E-state index < -0.39 is 5.97 Å². The van der Waals surface area contributed by atoms with E-state index in [2.05, 4.69) is 34.3 Å². The molecular weight excluding hydrogens is 468 g/mol. The monoisotopic (exact) mass is 498 g/mol. The van der Waals surface area contributed by atoms with Gasteiger partial charge >= 0.3 is 5.97 Å². The van der Waals surface area contributed by atoms with Crippen LogP contribution in [0.15, 0.2) is 40.9 Å². The highest BCUT2D eigenvalue weighted by atomic mass is 16.5. The summed E-state index contributed by atoms with van der Waals surface area (Å²) < 4.78 is 11.4. The summed E-state index contributed by atoms with van der Waals surface area (Å²) in [6.07, 6.45) is 4.64. The fraction of sp³-hybridized carbons (Fsp3) is 0.448. The van der Waals surface area contributed by atoms with Crippen molar-refractivity contribution in [1.29, 1.82) is 5.26 Å². The Labute approximate surface area is 215 Å². The lowest BCUT2D eigenvalue weighted by Crippen LogP contribution is -2.47. The molecule has 1 spiro atoms. The Bertz CT molecular complexity index is 1400. The van der Waals surface area contributed by atoms with E-state index in [1.165, 1.54) is 11.1 Å². The molecule has 2 heterocycles. The number of aliphatic carboxylic acids is 1. The standard InChI is InChI=1S/C29H30N4O4/c1-17(2)36-25-7-6-18(12-20(25)15-30)27-31-26(32-37-27)23-4-3-5-24-22(23)8-9-29(24)10-11-33(16-29)21-13-19(14-21)28(34)35/h3-7,12,17,19,21H,8-11,13-14,16H2,1-2H3,(H,34,35)/t19?,21?,29-/m1/s1. The molecule has 1 N–H and O–H groups in total. The number of benzene rings is 2. The molecule has 1 saturated heterocycles. The Hall–Kier alpha value is -3.70.